The number of nitrogen functional groups attached to an aromatic ring is 1. The first-order chi connectivity index (χ1) is 11.2. The number of aromatic nitrogens is 1. The molecule has 0 aliphatic carbocycles. The van der Waals surface area contributed by atoms with E-state index in [4.69, 9.17) is 5.73 Å². The zero-order chi connectivity index (χ0) is 17.8. The van der Waals surface area contributed by atoms with Crippen LogP contribution in [0, 0.1) is 6.92 Å². The van der Waals surface area contributed by atoms with Gasteiger partial charge in [-0.3, -0.25) is 24.3 Å². The predicted octanol–water partition coefficient (Wildman–Crippen LogP) is 0.0155. The maximum Gasteiger partial charge on any atom is 0.337 e. The molecule has 3 rings (SSSR count). The van der Waals surface area contributed by atoms with Crippen molar-refractivity contribution in [3.05, 3.63) is 50.8 Å². The van der Waals surface area contributed by atoms with Crippen molar-refractivity contribution in [3.8, 4) is 11.4 Å². The third-order valence-corrected chi connectivity index (χ3v) is 3.74. The molecule has 1 aliphatic rings. The maximum atomic E-state index is 12.4. The summed E-state index contributed by atoms with van der Waals surface area (Å²) in [7, 11) is 0. The number of hydrogen-bond acceptors (Lipinski definition) is 6. The Balaban J connectivity index is 2.41. The number of aryl methyl sites for hydroxylation is 1. The molecule has 1 aromatic heterocycles. The number of aromatic hydroxyl groups is 1. The largest absolute Gasteiger partial charge is 0.508 e. The van der Waals surface area contributed by atoms with Gasteiger partial charge in [-0.1, -0.05) is 0 Å². The average Bonchev–Trinajstić information content (AvgIpc) is 2.76. The van der Waals surface area contributed by atoms with Crippen LogP contribution in [-0.4, -0.2) is 32.6 Å². The van der Waals surface area contributed by atoms with Crippen LogP contribution in [-0.2, 0) is 0 Å². The number of carboxylic acid groups (broad SMARTS) is 1. The second-order valence-corrected chi connectivity index (χ2v) is 5.24. The summed E-state index contributed by atoms with van der Waals surface area (Å²) in [6, 6.07) is 3.16. The number of carbonyl (C=O) groups is 3. The number of nitrogens with two attached hydrogens (primary N) is 1. The summed E-state index contributed by atoms with van der Waals surface area (Å²) in [6.07, 6.45) is 0. The van der Waals surface area contributed by atoms with E-state index in [1.54, 1.807) is 0 Å². The van der Waals surface area contributed by atoms with E-state index in [1.165, 1.54) is 13.0 Å². The monoisotopic (exact) mass is 329 g/mol. The number of carboxylic acids is 1. The van der Waals surface area contributed by atoms with Crippen molar-refractivity contribution in [2.75, 3.05) is 5.73 Å². The molecule has 2 aromatic rings. The minimum absolute atomic E-state index is 0.116. The third-order valence-electron chi connectivity index (χ3n) is 3.74. The minimum atomic E-state index is -1.40. The molecular weight excluding hydrogens is 318 g/mol. The van der Waals surface area contributed by atoms with Crippen molar-refractivity contribution in [1.82, 2.24) is 9.88 Å². The van der Waals surface area contributed by atoms with Gasteiger partial charge in [-0.2, -0.15) is 0 Å². The Bertz CT molecular complexity index is 1010. The number of anilines is 1. The molecule has 0 saturated heterocycles. The molecular formula is C15H11N3O6. The number of carbonyl (C=O) groups excluding carboxylic acids is 2. The summed E-state index contributed by atoms with van der Waals surface area (Å²) >= 11 is 0. The lowest BCUT2D eigenvalue weighted by atomic mass is 10.1. The highest BCUT2D eigenvalue weighted by molar-refractivity contribution is 6.23. The zero-order valence-corrected chi connectivity index (χ0v) is 12.3. The summed E-state index contributed by atoms with van der Waals surface area (Å²) in [5, 5.41) is 21.0. The van der Waals surface area contributed by atoms with Crippen LogP contribution in [0.4, 0.5) is 5.82 Å². The average molecular weight is 329 g/mol. The Labute approximate surface area is 133 Å². The number of fused-ring (bicyclic) bond motifs is 1. The van der Waals surface area contributed by atoms with E-state index in [2.05, 4.69) is 0 Å². The van der Waals surface area contributed by atoms with Crippen LogP contribution < -0.4 is 16.6 Å². The standard InChI is InChI=1S/C15H11N3O6/c1-5-2-8(6(15(23)24)3-9(5)19)18-10(20)4-7-11(12(18)16)14(22)17-13(7)21/h2-4,19H,16H2,1H3,(H,23,24)(H,17,21,22). The molecule has 0 atom stereocenters. The fraction of sp³-hybridized carbons (Fsp3) is 0.0667. The third kappa shape index (κ3) is 2.02. The number of nitrogens with one attached hydrogen (secondary N) is 1. The van der Waals surface area contributed by atoms with Gasteiger partial charge in [-0.05, 0) is 24.6 Å². The molecule has 0 spiro atoms. The van der Waals surface area contributed by atoms with E-state index in [0.717, 1.165) is 16.7 Å². The topological polar surface area (TPSA) is 152 Å². The van der Waals surface area contributed by atoms with Crippen molar-refractivity contribution < 1.29 is 24.6 Å². The van der Waals surface area contributed by atoms with Crippen LogP contribution in [0.15, 0.2) is 23.0 Å². The summed E-state index contributed by atoms with van der Waals surface area (Å²) < 4.78 is 0.826. The van der Waals surface area contributed by atoms with Crippen LogP contribution >= 0.6 is 0 Å². The summed E-state index contributed by atoms with van der Waals surface area (Å²) in [5.74, 6) is -3.53. The molecule has 9 nitrogen and oxygen atoms in total. The lowest BCUT2D eigenvalue weighted by Crippen LogP contribution is -2.25. The van der Waals surface area contributed by atoms with Crippen molar-refractivity contribution in [2.24, 2.45) is 0 Å². The van der Waals surface area contributed by atoms with E-state index in [1.807, 2.05) is 5.32 Å². The number of nitrogens with zero attached hydrogens (tertiary/aromatic N) is 1. The molecule has 0 bridgehead atoms. The van der Waals surface area contributed by atoms with E-state index in [-0.39, 0.29) is 33.9 Å². The van der Waals surface area contributed by atoms with Gasteiger partial charge in [-0.25, -0.2) is 4.79 Å². The Morgan fingerprint density at radius 3 is 2.46 bits per heavy atom. The number of phenols is 1. The fourth-order valence-electron chi connectivity index (χ4n) is 2.57. The number of imide groups is 1. The van der Waals surface area contributed by atoms with Crippen LogP contribution in [0.5, 0.6) is 5.75 Å². The molecule has 122 valence electrons. The molecule has 0 radical (unpaired) electrons. The van der Waals surface area contributed by atoms with E-state index >= 15 is 0 Å². The van der Waals surface area contributed by atoms with Gasteiger partial charge in [0.1, 0.15) is 11.6 Å². The van der Waals surface area contributed by atoms with Gasteiger partial charge < -0.3 is 15.9 Å². The highest BCUT2D eigenvalue weighted by Gasteiger charge is 2.32. The molecule has 1 aromatic carbocycles. The summed E-state index contributed by atoms with van der Waals surface area (Å²) in [5.41, 5.74) is 4.56. The quantitative estimate of drug-likeness (QED) is 0.566. The lowest BCUT2D eigenvalue weighted by Gasteiger charge is -2.15. The highest BCUT2D eigenvalue weighted by Crippen LogP contribution is 2.28. The van der Waals surface area contributed by atoms with Crippen molar-refractivity contribution in [2.45, 2.75) is 6.92 Å². The SMILES string of the molecule is Cc1cc(-n2c(N)c3c(cc2=O)C(=O)NC3=O)c(C(=O)O)cc1O. The maximum absolute atomic E-state index is 12.4. The van der Waals surface area contributed by atoms with Crippen molar-refractivity contribution in [1.29, 1.82) is 0 Å². The number of hydrogen-bond donors (Lipinski definition) is 4. The van der Waals surface area contributed by atoms with Crippen LogP contribution in [0.3, 0.4) is 0 Å². The van der Waals surface area contributed by atoms with Gasteiger partial charge in [-0.15, -0.1) is 0 Å². The molecule has 0 saturated carbocycles. The second kappa shape index (κ2) is 4.95. The first-order valence-electron chi connectivity index (χ1n) is 6.71. The Kier molecular flexibility index (Phi) is 3.15. The summed E-state index contributed by atoms with van der Waals surface area (Å²) in [6.45, 7) is 1.51. The predicted molar refractivity (Wildman–Crippen MR) is 81.6 cm³/mol. The normalized spacial score (nSPS) is 12.9. The molecule has 0 unspecified atom stereocenters. The first-order valence-corrected chi connectivity index (χ1v) is 6.71. The number of aromatic carboxylic acids is 1. The fourth-order valence-corrected chi connectivity index (χ4v) is 2.57. The second-order valence-electron chi connectivity index (χ2n) is 5.24. The highest BCUT2D eigenvalue weighted by atomic mass is 16.4. The van der Waals surface area contributed by atoms with Gasteiger partial charge in [0.15, 0.2) is 0 Å². The van der Waals surface area contributed by atoms with Crippen LogP contribution in [0.2, 0.25) is 0 Å². The minimum Gasteiger partial charge on any atom is -0.508 e. The van der Waals surface area contributed by atoms with Gasteiger partial charge in [0.05, 0.1) is 22.4 Å². The van der Waals surface area contributed by atoms with Crippen molar-refractivity contribution >= 4 is 23.6 Å². The smallest absolute Gasteiger partial charge is 0.337 e. The number of benzene rings is 1. The Morgan fingerprint density at radius 2 is 1.83 bits per heavy atom. The van der Waals surface area contributed by atoms with Gasteiger partial charge in [0.2, 0.25) is 0 Å². The number of rotatable bonds is 2. The van der Waals surface area contributed by atoms with Gasteiger partial charge >= 0.3 is 5.97 Å². The zero-order valence-electron chi connectivity index (χ0n) is 12.3. The van der Waals surface area contributed by atoms with Crippen LogP contribution in [0.25, 0.3) is 5.69 Å². The number of amides is 2. The number of phenolic OH excluding ortho intramolecular Hbond substituents is 1. The Hall–Kier alpha value is -3.62. The molecule has 1 aliphatic heterocycles. The van der Waals surface area contributed by atoms with Gasteiger partial charge in [0, 0.05) is 6.07 Å². The molecule has 0 fully saturated rings. The van der Waals surface area contributed by atoms with E-state index in [9.17, 15) is 29.4 Å². The molecule has 2 amide bonds. The molecule has 9 heteroatoms. The van der Waals surface area contributed by atoms with E-state index < -0.39 is 23.3 Å². The number of pyridine rings is 1. The first kappa shape index (κ1) is 15.3. The molecule has 2 heterocycles. The lowest BCUT2D eigenvalue weighted by molar-refractivity contribution is 0.0695. The van der Waals surface area contributed by atoms with Gasteiger partial charge in [0.25, 0.3) is 17.4 Å². The molecule has 5 N–H and O–H groups in total. The molecule has 24 heavy (non-hydrogen) atoms. The Morgan fingerprint density at radius 1 is 1.17 bits per heavy atom. The summed E-state index contributed by atoms with van der Waals surface area (Å²) in [4.78, 5) is 47.3. The van der Waals surface area contributed by atoms with Crippen molar-refractivity contribution in [3.63, 3.8) is 0 Å². The van der Waals surface area contributed by atoms with Crippen LogP contribution in [0.1, 0.15) is 36.6 Å². The van der Waals surface area contributed by atoms with E-state index in [0.29, 0.717) is 5.56 Å².